The lowest BCUT2D eigenvalue weighted by Gasteiger charge is -2.13. The third kappa shape index (κ3) is 4.04. The summed E-state index contributed by atoms with van der Waals surface area (Å²) in [6.45, 7) is 4.70. The van der Waals surface area contributed by atoms with Crippen molar-refractivity contribution in [3.05, 3.63) is 18.2 Å². The van der Waals surface area contributed by atoms with Crippen LogP contribution in [-0.2, 0) is 11.3 Å². The Morgan fingerprint density at radius 3 is 2.94 bits per heavy atom. The van der Waals surface area contributed by atoms with Gasteiger partial charge in [0.15, 0.2) is 0 Å². The number of amides is 1. The van der Waals surface area contributed by atoms with E-state index in [0.29, 0.717) is 6.54 Å². The molecule has 1 rings (SSSR count). The number of aromatic amines is 1. The standard InChI is InChI=1S/C12H21N3O/c1-3-5-6-10(4-2)12(16)15-9-11-13-7-8-14-11/h7-8,10H,3-6,9H2,1-2H3,(H,13,14)(H,15,16). The molecule has 0 bridgehead atoms. The summed E-state index contributed by atoms with van der Waals surface area (Å²) in [6.07, 6.45) is 7.60. The van der Waals surface area contributed by atoms with E-state index in [0.717, 1.165) is 31.5 Å². The van der Waals surface area contributed by atoms with E-state index in [1.54, 1.807) is 12.4 Å². The van der Waals surface area contributed by atoms with Crippen molar-refractivity contribution in [2.75, 3.05) is 0 Å². The fourth-order valence-corrected chi connectivity index (χ4v) is 1.68. The molecule has 2 N–H and O–H groups in total. The first kappa shape index (κ1) is 12.7. The maximum absolute atomic E-state index is 11.8. The summed E-state index contributed by atoms with van der Waals surface area (Å²) in [6, 6.07) is 0. The molecule has 4 nitrogen and oxygen atoms in total. The highest BCUT2D eigenvalue weighted by molar-refractivity contribution is 5.78. The van der Waals surface area contributed by atoms with Crippen LogP contribution in [0, 0.1) is 5.92 Å². The quantitative estimate of drug-likeness (QED) is 0.744. The number of nitrogens with one attached hydrogen (secondary N) is 2. The lowest BCUT2D eigenvalue weighted by Crippen LogP contribution is -2.30. The summed E-state index contributed by atoms with van der Waals surface area (Å²) in [5.41, 5.74) is 0. The molecular weight excluding hydrogens is 202 g/mol. The summed E-state index contributed by atoms with van der Waals surface area (Å²) in [4.78, 5) is 18.9. The molecule has 1 unspecified atom stereocenters. The Labute approximate surface area is 96.9 Å². The molecule has 0 aliphatic heterocycles. The van der Waals surface area contributed by atoms with E-state index in [1.807, 2.05) is 0 Å². The number of hydrogen-bond donors (Lipinski definition) is 2. The molecule has 16 heavy (non-hydrogen) atoms. The number of rotatable bonds is 7. The van der Waals surface area contributed by atoms with Gasteiger partial charge in [-0.15, -0.1) is 0 Å². The van der Waals surface area contributed by atoms with Crippen molar-refractivity contribution in [3.8, 4) is 0 Å². The van der Waals surface area contributed by atoms with Crippen LogP contribution in [-0.4, -0.2) is 15.9 Å². The summed E-state index contributed by atoms with van der Waals surface area (Å²) in [5, 5.41) is 2.91. The van der Waals surface area contributed by atoms with Gasteiger partial charge < -0.3 is 10.3 Å². The van der Waals surface area contributed by atoms with Crippen molar-refractivity contribution in [3.63, 3.8) is 0 Å². The minimum absolute atomic E-state index is 0.146. The minimum Gasteiger partial charge on any atom is -0.349 e. The predicted molar refractivity (Wildman–Crippen MR) is 63.7 cm³/mol. The molecule has 0 saturated heterocycles. The van der Waals surface area contributed by atoms with E-state index < -0.39 is 0 Å². The normalized spacial score (nSPS) is 12.4. The monoisotopic (exact) mass is 223 g/mol. The smallest absolute Gasteiger partial charge is 0.223 e. The van der Waals surface area contributed by atoms with Gasteiger partial charge in [0.1, 0.15) is 5.82 Å². The molecule has 1 amide bonds. The van der Waals surface area contributed by atoms with Crippen LogP contribution in [0.25, 0.3) is 0 Å². The van der Waals surface area contributed by atoms with Gasteiger partial charge in [-0.2, -0.15) is 0 Å². The highest BCUT2D eigenvalue weighted by Crippen LogP contribution is 2.12. The third-order valence-corrected chi connectivity index (χ3v) is 2.75. The molecule has 0 spiro atoms. The Kier molecular flexibility index (Phi) is 5.61. The molecule has 0 radical (unpaired) electrons. The fraction of sp³-hybridized carbons (Fsp3) is 0.667. The maximum Gasteiger partial charge on any atom is 0.223 e. The molecule has 1 heterocycles. The molecule has 0 aromatic carbocycles. The van der Waals surface area contributed by atoms with Crippen molar-refractivity contribution in [2.45, 2.75) is 46.1 Å². The molecule has 1 aromatic rings. The summed E-state index contributed by atoms with van der Waals surface area (Å²) in [5.74, 6) is 1.10. The molecule has 4 heteroatoms. The number of imidazole rings is 1. The van der Waals surface area contributed by atoms with Gasteiger partial charge in [-0.3, -0.25) is 4.79 Å². The van der Waals surface area contributed by atoms with Crippen LogP contribution in [0.1, 0.15) is 45.4 Å². The predicted octanol–water partition coefficient (Wildman–Crippen LogP) is 2.24. The van der Waals surface area contributed by atoms with Crippen LogP contribution in [0.3, 0.4) is 0 Å². The number of carbonyl (C=O) groups is 1. The second kappa shape index (κ2) is 7.04. The lowest BCUT2D eigenvalue weighted by molar-refractivity contribution is -0.125. The summed E-state index contributed by atoms with van der Waals surface area (Å²) >= 11 is 0. The molecule has 1 aromatic heterocycles. The van der Waals surface area contributed by atoms with Crippen molar-refractivity contribution < 1.29 is 4.79 Å². The Balaban J connectivity index is 2.31. The Morgan fingerprint density at radius 2 is 2.38 bits per heavy atom. The molecule has 0 saturated carbocycles. The van der Waals surface area contributed by atoms with Gasteiger partial charge >= 0.3 is 0 Å². The zero-order chi connectivity index (χ0) is 11.8. The van der Waals surface area contributed by atoms with Gasteiger partial charge in [0.25, 0.3) is 0 Å². The van der Waals surface area contributed by atoms with E-state index in [4.69, 9.17) is 0 Å². The molecule has 0 aliphatic rings. The Bertz CT molecular complexity index is 295. The average molecular weight is 223 g/mol. The van der Waals surface area contributed by atoms with Crippen molar-refractivity contribution in [1.82, 2.24) is 15.3 Å². The first-order valence-electron chi connectivity index (χ1n) is 6.03. The van der Waals surface area contributed by atoms with E-state index in [9.17, 15) is 4.79 Å². The zero-order valence-corrected chi connectivity index (χ0v) is 10.1. The molecular formula is C12H21N3O. The largest absolute Gasteiger partial charge is 0.349 e. The first-order chi connectivity index (χ1) is 7.77. The van der Waals surface area contributed by atoms with Crippen LogP contribution in [0.4, 0.5) is 0 Å². The number of hydrogen-bond acceptors (Lipinski definition) is 2. The molecule has 90 valence electrons. The maximum atomic E-state index is 11.8. The molecule has 0 fully saturated rings. The number of aromatic nitrogens is 2. The van der Waals surface area contributed by atoms with Crippen LogP contribution in [0.15, 0.2) is 12.4 Å². The number of nitrogens with zero attached hydrogens (tertiary/aromatic N) is 1. The van der Waals surface area contributed by atoms with Crippen molar-refractivity contribution >= 4 is 5.91 Å². The lowest BCUT2D eigenvalue weighted by atomic mass is 9.98. The summed E-state index contributed by atoms with van der Waals surface area (Å²) < 4.78 is 0. The van der Waals surface area contributed by atoms with Gasteiger partial charge in [0.05, 0.1) is 6.54 Å². The van der Waals surface area contributed by atoms with Crippen LogP contribution < -0.4 is 5.32 Å². The van der Waals surface area contributed by atoms with E-state index in [1.165, 1.54) is 0 Å². The van der Waals surface area contributed by atoms with E-state index in [2.05, 4.69) is 29.1 Å². The average Bonchev–Trinajstić information content (AvgIpc) is 2.80. The van der Waals surface area contributed by atoms with Crippen LogP contribution >= 0.6 is 0 Å². The van der Waals surface area contributed by atoms with E-state index in [-0.39, 0.29) is 11.8 Å². The SMILES string of the molecule is CCCCC(CC)C(=O)NCc1ncc[nH]1. The highest BCUT2D eigenvalue weighted by Gasteiger charge is 2.15. The van der Waals surface area contributed by atoms with E-state index >= 15 is 0 Å². The van der Waals surface area contributed by atoms with Gasteiger partial charge in [-0.1, -0.05) is 26.7 Å². The Hall–Kier alpha value is -1.32. The second-order valence-corrected chi connectivity index (χ2v) is 4.00. The van der Waals surface area contributed by atoms with Crippen LogP contribution in [0.2, 0.25) is 0 Å². The first-order valence-corrected chi connectivity index (χ1v) is 6.03. The number of H-pyrrole nitrogens is 1. The van der Waals surface area contributed by atoms with Gasteiger partial charge in [0.2, 0.25) is 5.91 Å². The fourth-order valence-electron chi connectivity index (χ4n) is 1.68. The minimum atomic E-state index is 0.146. The van der Waals surface area contributed by atoms with Crippen molar-refractivity contribution in [1.29, 1.82) is 0 Å². The van der Waals surface area contributed by atoms with Crippen LogP contribution in [0.5, 0.6) is 0 Å². The third-order valence-electron chi connectivity index (χ3n) is 2.75. The number of unbranched alkanes of at least 4 members (excludes halogenated alkanes) is 1. The van der Waals surface area contributed by atoms with Gasteiger partial charge in [-0.05, 0) is 12.8 Å². The topological polar surface area (TPSA) is 57.8 Å². The molecule has 0 aliphatic carbocycles. The summed E-state index contributed by atoms with van der Waals surface area (Å²) in [7, 11) is 0. The Morgan fingerprint density at radius 1 is 1.56 bits per heavy atom. The highest BCUT2D eigenvalue weighted by atomic mass is 16.1. The van der Waals surface area contributed by atoms with Crippen molar-refractivity contribution in [2.24, 2.45) is 5.92 Å². The zero-order valence-electron chi connectivity index (χ0n) is 10.1. The second-order valence-electron chi connectivity index (χ2n) is 4.00. The van der Waals surface area contributed by atoms with Gasteiger partial charge in [-0.25, -0.2) is 4.98 Å². The van der Waals surface area contributed by atoms with Gasteiger partial charge in [0, 0.05) is 18.3 Å². The molecule has 1 atom stereocenters. The number of carbonyl (C=O) groups excluding carboxylic acids is 1.